The van der Waals surface area contributed by atoms with Gasteiger partial charge in [0.15, 0.2) is 0 Å². The van der Waals surface area contributed by atoms with Crippen LogP contribution in [0.5, 0.6) is 0 Å². The third kappa shape index (κ3) is 5.10. The van der Waals surface area contributed by atoms with E-state index in [-0.39, 0.29) is 57.7 Å². The topological polar surface area (TPSA) is 16.4 Å². The molecule has 0 unspecified atom stereocenters. The van der Waals surface area contributed by atoms with Gasteiger partial charge in [0.05, 0.1) is 20.0 Å². The van der Waals surface area contributed by atoms with E-state index in [0.717, 1.165) is 44.0 Å². The molecule has 3 heteroatoms. The molecule has 0 saturated heterocycles. The maximum absolute atomic E-state index is 9.31. The molecule has 10 aromatic rings. The zero-order valence-electron chi connectivity index (χ0n) is 34.1. The Bertz CT molecular complexity index is 3240. The average molecular weight is 677 g/mol. The summed E-state index contributed by atoms with van der Waals surface area (Å²) in [6.07, 6.45) is 0. The second-order valence-corrected chi connectivity index (χ2v) is 13.4. The number of fused-ring (bicyclic) bond motifs is 6. The first kappa shape index (κ1) is 23.1. The SMILES string of the molecule is [2H]c1c([2H])c([2H])c2c(oc3c([2H])c([2H])c(-c4ccc(N(c5ccc(-c6ccccc6)cc5)c5ccc(-c6ccccc6)c6c5sc5ccccc56)cc4)c([2H])c32)c1[2H]. The van der Waals surface area contributed by atoms with Gasteiger partial charge in [-0.25, -0.2) is 0 Å². The van der Waals surface area contributed by atoms with Gasteiger partial charge in [0.2, 0.25) is 0 Å². The second-order valence-electron chi connectivity index (χ2n) is 12.4. The Hall–Kier alpha value is -6.42. The molecule has 0 aliphatic heterocycles. The number of hydrogen-bond donors (Lipinski definition) is 0. The van der Waals surface area contributed by atoms with Crippen LogP contribution in [0, 0.1) is 0 Å². The van der Waals surface area contributed by atoms with Gasteiger partial charge in [-0.15, -0.1) is 11.3 Å². The minimum atomic E-state index is -0.460. The summed E-state index contributed by atoms with van der Waals surface area (Å²) in [6.45, 7) is 0. The Morgan fingerprint density at radius 1 is 0.471 bits per heavy atom. The van der Waals surface area contributed by atoms with Gasteiger partial charge in [0.25, 0.3) is 0 Å². The summed E-state index contributed by atoms with van der Waals surface area (Å²) in [5, 5.41) is 2.48. The second kappa shape index (κ2) is 12.2. The lowest BCUT2D eigenvalue weighted by molar-refractivity contribution is 0.669. The van der Waals surface area contributed by atoms with Crippen LogP contribution in [-0.2, 0) is 0 Å². The fraction of sp³-hybridized carbons (Fsp3) is 0. The fourth-order valence-electron chi connectivity index (χ4n) is 6.93. The average Bonchev–Trinajstić information content (AvgIpc) is 3.87. The molecule has 51 heavy (non-hydrogen) atoms. The van der Waals surface area contributed by atoms with Crippen molar-refractivity contribution in [3.05, 3.63) is 188 Å². The van der Waals surface area contributed by atoms with Gasteiger partial charge in [-0.2, -0.15) is 0 Å². The quantitative estimate of drug-likeness (QED) is 0.174. The molecule has 0 N–H and O–H groups in total. The van der Waals surface area contributed by atoms with Gasteiger partial charge in [-0.1, -0.05) is 133 Å². The number of benzene rings is 8. The van der Waals surface area contributed by atoms with Crippen molar-refractivity contribution in [1.82, 2.24) is 0 Å². The Morgan fingerprint density at radius 3 is 1.82 bits per heavy atom. The molecule has 0 spiro atoms. The van der Waals surface area contributed by atoms with Crippen molar-refractivity contribution >= 4 is 70.5 Å². The molecular weight excluding hydrogens is 639 g/mol. The molecular formula is C48H31NOS. The van der Waals surface area contributed by atoms with E-state index in [2.05, 4.69) is 102 Å². The highest BCUT2D eigenvalue weighted by Crippen LogP contribution is 2.48. The van der Waals surface area contributed by atoms with Crippen LogP contribution in [0.1, 0.15) is 9.60 Å². The van der Waals surface area contributed by atoms with Crippen molar-refractivity contribution in [3.8, 4) is 33.4 Å². The monoisotopic (exact) mass is 676 g/mol. The third-order valence-electron chi connectivity index (χ3n) is 9.36. The number of nitrogens with zero attached hydrogens (tertiary/aromatic N) is 1. The Labute approximate surface area is 309 Å². The molecule has 10 rings (SSSR count). The summed E-state index contributed by atoms with van der Waals surface area (Å²) in [5.41, 5.74) is 7.74. The van der Waals surface area contributed by atoms with Crippen molar-refractivity contribution < 1.29 is 14.0 Å². The van der Waals surface area contributed by atoms with E-state index in [1.807, 2.05) is 48.5 Å². The zero-order chi connectivity index (χ0) is 39.8. The molecule has 0 saturated carbocycles. The molecule has 2 heterocycles. The summed E-state index contributed by atoms with van der Waals surface area (Å²) in [5.74, 6) is 0. The van der Waals surface area contributed by atoms with Gasteiger partial charge in [0, 0.05) is 37.6 Å². The Kier molecular flexibility index (Phi) is 5.50. The number of furan rings is 1. The first-order valence-electron chi connectivity index (χ1n) is 20.2. The Morgan fingerprint density at radius 2 is 1.08 bits per heavy atom. The van der Waals surface area contributed by atoms with E-state index in [9.17, 15) is 1.37 Å². The van der Waals surface area contributed by atoms with Crippen molar-refractivity contribution in [3.63, 3.8) is 0 Å². The van der Waals surface area contributed by atoms with Crippen molar-refractivity contribution in [1.29, 1.82) is 0 Å². The standard InChI is InChI=1S/C48H31NOS/c1-3-11-32(12-4-1)33-19-24-37(25-20-33)49(38-26-21-34(22-27-38)36-23-30-45-42(31-36)40-15-7-9-17-44(40)50-45)43-29-28-39(35-13-5-2-6-14-35)47-41-16-8-10-18-46(41)51-48(43)47/h1-31H/i7D,9D,15D,17D,23D,30D,31D. The predicted octanol–water partition coefficient (Wildman–Crippen LogP) is 14.4. The minimum absolute atomic E-state index is 0.0359. The smallest absolute Gasteiger partial charge is 0.135 e. The van der Waals surface area contributed by atoms with E-state index in [4.69, 9.17) is 12.6 Å². The van der Waals surface area contributed by atoms with E-state index < -0.39 is 12.1 Å². The normalized spacial score (nSPS) is 13.5. The minimum Gasteiger partial charge on any atom is -0.456 e. The van der Waals surface area contributed by atoms with Crippen LogP contribution in [0.4, 0.5) is 17.1 Å². The molecule has 8 aromatic carbocycles. The molecule has 0 amide bonds. The molecule has 0 radical (unpaired) electrons. The Balaban J connectivity index is 1.17. The van der Waals surface area contributed by atoms with Crippen molar-refractivity contribution in [2.75, 3.05) is 4.90 Å². The molecule has 0 atom stereocenters. The van der Waals surface area contributed by atoms with E-state index >= 15 is 0 Å². The van der Waals surface area contributed by atoms with Gasteiger partial charge in [-0.3, -0.25) is 0 Å². The van der Waals surface area contributed by atoms with Gasteiger partial charge in [-0.05, 0) is 87.9 Å². The number of rotatable bonds is 6. The highest BCUT2D eigenvalue weighted by Gasteiger charge is 2.21. The van der Waals surface area contributed by atoms with E-state index in [0.29, 0.717) is 5.56 Å². The van der Waals surface area contributed by atoms with E-state index in [1.54, 1.807) is 11.3 Å². The van der Waals surface area contributed by atoms with Crippen LogP contribution in [0.15, 0.2) is 192 Å². The number of thiophene rings is 1. The highest BCUT2D eigenvalue weighted by molar-refractivity contribution is 7.26. The summed E-state index contributed by atoms with van der Waals surface area (Å²) >= 11 is 1.75. The summed E-state index contributed by atoms with van der Waals surface area (Å²) in [7, 11) is 0. The molecule has 0 bridgehead atoms. The van der Waals surface area contributed by atoms with E-state index in [1.165, 1.54) is 15.5 Å². The summed E-state index contributed by atoms with van der Waals surface area (Å²) in [4.78, 5) is 2.23. The zero-order valence-corrected chi connectivity index (χ0v) is 27.9. The number of para-hydroxylation sites is 1. The lowest BCUT2D eigenvalue weighted by atomic mass is 9.98. The molecule has 2 aromatic heterocycles. The summed E-state index contributed by atoms with van der Waals surface area (Å²) in [6, 6.07) is 47.4. The van der Waals surface area contributed by atoms with Crippen LogP contribution in [0.25, 0.3) is 75.5 Å². The van der Waals surface area contributed by atoms with Crippen molar-refractivity contribution in [2.24, 2.45) is 0 Å². The highest BCUT2D eigenvalue weighted by atomic mass is 32.1. The lowest BCUT2D eigenvalue weighted by Gasteiger charge is -2.27. The van der Waals surface area contributed by atoms with Crippen LogP contribution in [0.3, 0.4) is 0 Å². The predicted molar refractivity (Wildman–Crippen MR) is 218 cm³/mol. The fourth-order valence-corrected chi connectivity index (χ4v) is 8.17. The number of hydrogen-bond acceptors (Lipinski definition) is 3. The van der Waals surface area contributed by atoms with Crippen LogP contribution in [-0.4, -0.2) is 0 Å². The van der Waals surface area contributed by atoms with Gasteiger partial charge in [0.1, 0.15) is 11.2 Å². The summed E-state index contributed by atoms with van der Waals surface area (Å²) < 4.78 is 68.8. The maximum atomic E-state index is 9.31. The molecule has 0 fully saturated rings. The first-order chi connectivity index (χ1) is 28.2. The van der Waals surface area contributed by atoms with Gasteiger partial charge < -0.3 is 9.32 Å². The van der Waals surface area contributed by atoms with Crippen LogP contribution in [0.2, 0.25) is 0 Å². The molecule has 0 aliphatic carbocycles. The molecule has 0 aliphatic rings. The van der Waals surface area contributed by atoms with Crippen LogP contribution >= 0.6 is 11.3 Å². The maximum Gasteiger partial charge on any atom is 0.135 e. The molecule has 2 nitrogen and oxygen atoms in total. The van der Waals surface area contributed by atoms with Gasteiger partial charge >= 0.3 is 0 Å². The van der Waals surface area contributed by atoms with Crippen molar-refractivity contribution in [2.45, 2.75) is 0 Å². The van der Waals surface area contributed by atoms with Crippen LogP contribution < -0.4 is 4.90 Å². The first-order valence-corrected chi connectivity index (χ1v) is 17.5. The largest absolute Gasteiger partial charge is 0.456 e. The third-order valence-corrected chi connectivity index (χ3v) is 10.6. The number of anilines is 3. The lowest BCUT2D eigenvalue weighted by Crippen LogP contribution is -2.10. The molecule has 240 valence electrons.